The Balaban J connectivity index is 0.00000364. The number of likely N-dealkylation sites (tertiary alicyclic amines) is 1. The first kappa shape index (κ1) is 24.3. The molecule has 1 aromatic rings. The molecule has 1 unspecified atom stereocenters. The average molecular weight is 529 g/mol. The summed E-state index contributed by atoms with van der Waals surface area (Å²) in [6.45, 7) is 10.8. The molecule has 9 heteroatoms. The van der Waals surface area contributed by atoms with Gasteiger partial charge in [0.25, 0.3) is 0 Å². The average Bonchev–Trinajstić information content (AvgIpc) is 3.13. The summed E-state index contributed by atoms with van der Waals surface area (Å²) in [7, 11) is 0. The molecule has 154 valence electrons. The Morgan fingerprint density at radius 1 is 1.44 bits per heavy atom. The van der Waals surface area contributed by atoms with Crippen molar-refractivity contribution < 1.29 is 9.53 Å². The second-order valence-corrected chi connectivity index (χ2v) is 9.07. The topological polar surface area (TPSA) is 66.0 Å². The van der Waals surface area contributed by atoms with Crippen LogP contribution in [0.25, 0.3) is 0 Å². The van der Waals surface area contributed by atoms with Crippen LogP contribution in [-0.2, 0) is 11.2 Å². The van der Waals surface area contributed by atoms with Crippen molar-refractivity contribution in [2.75, 3.05) is 26.2 Å². The van der Waals surface area contributed by atoms with Gasteiger partial charge in [0.05, 0.1) is 10.4 Å². The number of hydrogen-bond donors (Lipinski definition) is 2. The van der Waals surface area contributed by atoms with Crippen LogP contribution in [0.1, 0.15) is 39.0 Å². The number of aliphatic imine (C=N–C) groups is 1. The molecule has 0 aliphatic carbocycles. The van der Waals surface area contributed by atoms with Crippen LogP contribution < -0.4 is 10.6 Å². The van der Waals surface area contributed by atoms with E-state index in [-0.39, 0.29) is 36.1 Å². The van der Waals surface area contributed by atoms with Crippen molar-refractivity contribution in [1.29, 1.82) is 0 Å². The first-order valence-electron chi connectivity index (χ1n) is 9.04. The predicted octanol–water partition coefficient (Wildman–Crippen LogP) is 4.13. The first-order valence-corrected chi connectivity index (χ1v) is 10.2. The molecular weight excluding hydrogens is 499 g/mol. The lowest BCUT2D eigenvalue weighted by Gasteiger charge is -2.23. The zero-order valence-corrected chi connectivity index (χ0v) is 20.3. The van der Waals surface area contributed by atoms with E-state index in [1.54, 1.807) is 11.3 Å². The molecule has 6 nitrogen and oxygen atoms in total. The lowest BCUT2D eigenvalue weighted by atomic mass is 10.2. The van der Waals surface area contributed by atoms with Gasteiger partial charge in [-0.25, -0.2) is 4.79 Å². The lowest BCUT2D eigenvalue weighted by Crippen LogP contribution is -2.44. The van der Waals surface area contributed by atoms with Gasteiger partial charge in [-0.05, 0) is 46.2 Å². The molecule has 0 aromatic carbocycles. The Morgan fingerprint density at radius 2 is 2.19 bits per heavy atom. The van der Waals surface area contributed by atoms with Gasteiger partial charge in [0.2, 0.25) is 0 Å². The molecular formula is C18H30ClIN4O2S. The lowest BCUT2D eigenvalue weighted by molar-refractivity contribution is 0.0507. The summed E-state index contributed by atoms with van der Waals surface area (Å²) in [5, 5.41) is 6.29. The van der Waals surface area contributed by atoms with Crippen molar-refractivity contribution >= 4 is 59.0 Å². The highest BCUT2D eigenvalue weighted by Gasteiger charge is 2.27. The number of hydrogen-bond acceptors (Lipinski definition) is 4. The fourth-order valence-corrected chi connectivity index (χ4v) is 3.80. The molecule has 0 bridgehead atoms. The van der Waals surface area contributed by atoms with Crippen LogP contribution in [0, 0.1) is 0 Å². The van der Waals surface area contributed by atoms with Crippen molar-refractivity contribution in [1.82, 2.24) is 15.5 Å². The van der Waals surface area contributed by atoms with Gasteiger partial charge in [-0.2, -0.15) is 0 Å². The molecule has 1 aliphatic heterocycles. The normalized spacial score (nSPS) is 17.4. The monoisotopic (exact) mass is 528 g/mol. The summed E-state index contributed by atoms with van der Waals surface area (Å²) in [4.78, 5) is 20.1. The number of ether oxygens (including phenoxy) is 1. The van der Waals surface area contributed by atoms with E-state index in [4.69, 9.17) is 21.3 Å². The molecule has 1 amide bonds. The number of alkyl carbamates (subject to hydrolysis) is 1. The summed E-state index contributed by atoms with van der Waals surface area (Å²) in [6, 6.07) is 4.04. The van der Waals surface area contributed by atoms with Crippen LogP contribution >= 0.6 is 46.9 Å². The minimum atomic E-state index is -0.483. The first-order chi connectivity index (χ1) is 12.3. The minimum Gasteiger partial charge on any atom is -0.444 e. The molecule has 2 rings (SSSR count). The number of rotatable bonds is 5. The van der Waals surface area contributed by atoms with E-state index >= 15 is 0 Å². The van der Waals surface area contributed by atoms with Crippen LogP contribution in [0.15, 0.2) is 17.1 Å². The van der Waals surface area contributed by atoms with Crippen LogP contribution in [0.2, 0.25) is 4.34 Å². The molecule has 2 heterocycles. The molecule has 0 saturated carbocycles. The van der Waals surface area contributed by atoms with Gasteiger partial charge < -0.3 is 20.3 Å². The number of halogens is 2. The molecule has 1 atom stereocenters. The van der Waals surface area contributed by atoms with Crippen molar-refractivity contribution in [3.63, 3.8) is 0 Å². The zero-order chi connectivity index (χ0) is 19.2. The SMILES string of the molecule is CCNC(=NCCc1ccc(Cl)s1)N1CCC(NC(=O)OC(C)(C)C)C1.I. The van der Waals surface area contributed by atoms with Crippen LogP contribution in [-0.4, -0.2) is 54.8 Å². The molecule has 1 fully saturated rings. The quantitative estimate of drug-likeness (QED) is 0.343. The van der Waals surface area contributed by atoms with E-state index in [1.165, 1.54) is 4.88 Å². The number of carbonyl (C=O) groups is 1. The maximum atomic E-state index is 11.9. The fourth-order valence-electron chi connectivity index (χ4n) is 2.73. The van der Waals surface area contributed by atoms with Gasteiger partial charge in [0.15, 0.2) is 5.96 Å². The number of amides is 1. The Hall–Kier alpha value is -0.740. The molecule has 0 radical (unpaired) electrons. The predicted molar refractivity (Wildman–Crippen MR) is 124 cm³/mol. The van der Waals surface area contributed by atoms with Gasteiger partial charge in [0, 0.05) is 37.5 Å². The highest BCUT2D eigenvalue weighted by Crippen LogP contribution is 2.21. The molecule has 1 aliphatic rings. The molecule has 2 N–H and O–H groups in total. The number of nitrogens with zero attached hydrogens (tertiary/aromatic N) is 2. The van der Waals surface area contributed by atoms with E-state index in [1.807, 2.05) is 32.9 Å². The molecule has 1 saturated heterocycles. The summed E-state index contributed by atoms with van der Waals surface area (Å²) >= 11 is 7.57. The summed E-state index contributed by atoms with van der Waals surface area (Å²) in [6.07, 6.45) is 1.39. The van der Waals surface area contributed by atoms with Crippen LogP contribution in [0.3, 0.4) is 0 Å². The van der Waals surface area contributed by atoms with Crippen LogP contribution in [0.5, 0.6) is 0 Å². The second kappa shape index (κ2) is 11.3. The third kappa shape index (κ3) is 8.87. The van der Waals surface area contributed by atoms with Crippen molar-refractivity contribution in [3.8, 4) is 0 Å². The van der Waals surface area contributed by atoms with Gasteiger partial charge >= 0.3 is 6.09 Å². The largest absolute Gasteiger partial charge is 0.444 e. The van der Waals surface area contributed by atoms with Crippen LogP contribution in [0.4, 0.5) is 4.79 Å². The second-order valence-electron chi connectivity index (χ2n) is 7.27. The standard InChI is InChI=1S/C18H29ClN4O2S.HI/c1-5-20-16(21-10-8-14-6-7-15(19)26-14)23-11-9-13(12-23)22-17(24)25-18(2,3)4;/h6-7,13H,5,8-12H2,1-4H3,(H,20,21)(H,22,24);1H. The summed E-state index contributed by atoms with van der Waals surface area (Å²) in [5.74, 6) is 0.892. The highest BCUT2D eigenvalue weighted by molar-refractivity contribution is 14.0. The maximum absolute atomic E-state index is 11.9. The molecule has 1 aromatic heterocycles. The minimum absolute atomic E-state index is 0. The van der Waals surface area contributed by atoms with E-state index in [0.717, 1.165) is 42.8 Å². The Bertz CT molecular complexity index is 633. The van der Waals surface area contributed by atoms with E-state index in [9.17, 15) is 4.79 Å². The van der Waals surface area contributed by atoms with E-state index in [2.05, 4.69) is 22.5 Å². The van der Waals surface area contributed by atoms with E-state index < -0.39 is 5.60 Å². The van der Waals surface area contributed by atoms with E-state index in [0.29, 0.717) is 6.54 Å². The zero-order valence-electron chi connectivity index (χ0n) is 16.4. The van der Waals surface area contributed by atoms with Gasteiger partial charge in [-0.1, -0.05) is 11.6 Å². The number of guanidine groups is 1. The number of carbonyl (C=O) groups excluding carboxylic acids is 1. The third-order valence-electron chi connectivity index (χ3n) is 3.79. The van der Waals surface area contributed by atoms with Crippen molar-refractivity contribution in [2.45, 2.75) is 52.2 Å². The number of thiophene rings is 1. The smallest absolute Gasteiger partial charge is 0.407 e. The third-order valence-corrected chi connectivity index (χ3v) is 5.08. The van der Waals surface area contributed by atoms with Gasteiger partial charge in [-0.3, -0.25) is 4.99 Å². The van der Waals surface area contributed by atoms with Gasteiger partial charge in [0.1, 0.15) is 5.60 Å². The van der Waals surface area contributed by atoms with Crippen molar-refractivity contribution in [3.05, 3.63) is 21.3 Å². The molecule has 0 spiro atoms. The number of nitrogens with one attached hydrogen (secondary N) is 2. The van der Waals surface area contributed by atoms with Gasteiger partial charge in [-0.15, -0.1) is 35.3 Å². The Labute approximate surface area is 188 Å². The maximum Gasteiger partial charge on any atom is 0.407 e. The Morgan fingerprint density at radius 3 is 2.78 bits per heavy atom. The van der Waals surface area contributed by atoms with Crippen molar-refractivity contribution in [2.24, 2.45) is 4.99 Å². The fraction of sp³-hybridized carbons (Fsp3) is 0.667. The highest BCUT2D eigenvalue weighted by atomic mass is 127. The summed E-state index contributed by atoms with van der Waals surface area (Å²) in [5.41, 5.74) is -0.483. The summed E-state index contributed by atoms with van der Waals surface area (Å²) < 4.78 is 6.15. The Kier molecular flexibility index (Phi) is 10.2. The molecule has 27 heavy (non-hydrogen) atoms.